The Hall–Kier alpha value is -1.58. The molecular weight excluding hydrogens is 190 g/mol. The summed E-state index contributed by atoms with van der Waals surface area (Å²) in [6, 6.07) is 6.49. The van der Waals surface area contributed by atoms with Crippen LogP contribution in [-0.2, 0) is 13.0 Å². The molecule has 2 radical (unpaired) electrons. The van der Waals surface area contributed by atoms with Gasteiger partial charge in [0.15, 0.2) is 0 Å². The minimum Gasteiger partial charge on any atom is -0.344 e. The number of imidazole rings is 1. The van der Waals surface area contributed by atoms with Gasteiger partial charge < -0.3 is 4.57 Å². The molecule has 0 aliphatic heterocycles. The molecule has 2 rings (SSSR count). The van der Waals surface area contributed by atoms with E-state index in [2.05, 4.69) is 4.98 Å². The summed E-state index contributed by atoms with van der Waals surface area (Å²) in [6.07, 6.45) is 4.13. The van der Waals surface area contributed by atoms with Crippen LogP contribution < -0.4 is 5.59 Å². The van der Waals surface area contributed by atoms with E-state index >= 15 is 0 Å². The fraction of sp³-hybridized carbons (Fsp3) is 0.182. The fourth-order valence-electron chi connectivity index (χ4n) is 1.42. The first-order chi connectivity index (χ1) is 7.25. The third kappa shape index (κ3) is 2.46. The smallest absolute Gasteiger partial charge is 0.141 e. The van der Waals surface area contributed by atoms with Gasteiger partial charge in [-0.1, -0.05) is 12.1 Å². The van der Waals surface area contributed by atoms with Gasteiger partial charge in [-0.15, -0.1) is 0 Å². The molecule has 1 heterocycles. The standard InChI is InChI=1S/C11H10BFN2/c12-11-7-14-8-15(11)6-5-9-1-3-10(13)4-2-9/h1-4,7-8H,5-6H2. The van der Waals surface area contributed by atoms with Crippen molar-refractivity contribution in [3.05, 3.63) is 48.2 Å². The summed E-state index contributed by atoms with van der Waals surface area (Å²) >= 11 is 0. The monoisotopic (exact) mass is 200 g/mol. The lowest BCUT2D eigenvalue weighted by molar-refractivity contribution is 0.625. The molecule has 0 aliphatic rings. The van der Waals surface area contributed by atoms with Gasteiger partial charge in [-0.2, -0.15) is 0 Å². The zero-order valence-corrected chi connectivity index (χ0v) is 8.23. The maximum absolute atomic E-state index is 12.6. The summed E-state index contributed by atoms with van der Waals surface area (Å²) in [7, 11) is 5.67. The normalized spacial score (nSPS) is 10.5. The quantitative estimate of drug-likeness (QED) is 0.677. The predicted octanol–water partition coefficient (Wildman–Crippen LogP) is 1.06. The highest BCUT2D eigenvalue weighted by Crippen LogP contribution is 2.04. The number of aromatic nitrogens is 2. The number of nitrogens with zero attached hydrogens (tertiary/aromatic N) is 2. The van der Waals surface area contributed by atoms with Gasteiger partial charge in [-0.25, -0.2) is 9.37 Å². The van der Waals surface area contributed by atoms with E-state index in [4.69, 9.17) is 7.85 Å². The predicted molar refractivity (Wildman–Crippen MR) is 57.7 cm³/mol. The molecule has 0 spiro atoms. The van der Waals surface area contributed by atoms with E-state index in [1.54, 1.807) is 24.7 Å². The first-order valence-electron chi connectivity index (χ1n) is 4.76. The second-order valence-corrected chi connectivity index (χ2v) is 3.39. The van der Waals surface area contributed by atoms with Crippen LogP contribution in [0.15, 0.2) is 36.8 Å². The van der Waals surface area contributed by atoms with Crippen LogP contribution in [0.2, 0.25) is 0 Å². The number of hydrogen-bond donors (Lipinski definition) is 0. The molecule has 0 fully saturated rings. The average molecular weight is 200 g/mol. The zero-order chi connectivity index (χ0) is 10.7. The van der Waals surface area contributed by atoms with Gasteiger partial charge >= 0.3 is 0 Å². The van der Waals surface area contributed by atoms with E-state index in [0.717, 1.165) is 18.5 Å². The summed E-state index contributed by atoms with van der Waals surface area (Å²) < 4.78 is 14.5. The van der Waals surface area contributed by atoms with Crippen LogP contribution in [0.5, 0.6) is 0 Å². The molecule has 0 N–H and O–H groups in total. The van der Waals surface area contributed by atoms with E-state index in [1.807, 2.05) is 4.57 Å². The van der Waals surface area contributed by atoms with Crippen molar-refractivity contribution < 1.29 is 4.39 Å². The Bertz CT molecular complexity index is 436. The van der Waals surface area contributed by atoms with Crippen molar-refractivity contribution in [3.8, 4) is 0 Å². The van der Waals surface area contributed by atoms with Crippen molar-refractivity contribution in [1.29, 1.82) is 0 Å². The number of halogens is 1. The van der Waals surface area contributed by atoms with E-state index in [-0.39, 0.29) is 5.82 Å². The maximum atomic E-state index is 12.6. The molecule has 0 unspecified atom stereocenters. The van der Waals surface area contributed by atoms with Gasteiger partial charge in [-0.3, -0.25) is 0 Å². The van der Waals surface area contributed by atoms with E-state index in [0.29, 0.717) is 5.59 Å². The molecule has 0 amide bonds. The molecule has 2 nitrogen and oxygen atoms in total. The second-order valence-electron chi connectivity index (χ2n) is 3.39. The van der Waals surface area contributed by atoms with E-state index in [9.17, 15) is 4.39 Å². The molecule has 4 heteroatoms. The van der Waals surface area contributed by atoms with Crippen LogP contribution in [0.1, 0.15) is 5.56 Å². The van der Waals surface area contributed by atoms with Crippen LogP contribution in [0.4, 0.5) is 4.39 Å². The molecular formula is C11H10BFN2. The number of rotatable bonds is 3. The topological polar surface area (TPSA) is 17.8 Å². The highest BCUT2D eigenvalue weighted by Gasteiger charge is 1.97. The maximum Gasteiger partial charge on any atom is 0.141 e. The molecule has 74 valence electrons. The molecule has 2 aromatic rings. The van der Waals surface area contributed by atoms with E-state index in [1.165, 1.54) is 12.1 Å². The zero-order valence-electron chi connectivity index (χ0n) is 8.23. The average Bonchev–Trinajstić information content (AvgIpc) is 2.63. The van der Waals surface area contributed by atoms with Crippen molar-refractivity contribution in [2.45, 2.75) is 13.0 Å². The highest BCUT2D eigenvalue weighted by atomic mass is 19.1. The molecule has 0 saturated carbocycles. The molecule has 0 bridgehead atoms. The van der Waals surface area contributed by atoms with Gasteiger partial charge in [-0.05, 0) is 29.7 Å². The van der Waals surface area contributed by atoms with Gasteiger partial charge in [0, 0.05) is 12.7 Å². The SMILES string of the molecule is [B]c1cncn1CCc1ccc(F)cc1. The Morgan fingerprint density at radius 3 is 2.60 bits per heavy atom. The van der Waals surface area contributed by atoms with Gasteiger partial charge in [0.2, 0.25) is 0 Å². The van der Waals surface area contributed by atoms with Crippen LogP contribution in [0.25, 0.3) is 0 Å². The molecule has 0 atom stereocenters. The Morgan fingerprint density at radius 2 is 2.00 bits per heavy atom. The second kappa shape index (κ2) is 4.30. The highest BCUT2D eigenvalue weighted by molar-refractivity contribution is 6.30. The summed E-state index contributed by atoms with van der Waals surface area (Å²) in [5, 5.41) is 0. The lowest BCUT2D eigenvalue weighted by Gasteiger charge is -2.05. The van der Waals surface area contributed by atoms with Crippen molar-refractivity contribution in [3.63, 3.8) is 0 Å². The molecule has 0 aliphatic carbocycles. The number of hydrogen-bond acceptors (Lipinski definition) is 1. The van der Waals surface area contributed by atoms with Crippen molar-refractivity contribution in [1.82, 2.24) is 9.55 Å². The van der Waals surface area contributed by atoms with Gasteiger partial charge in [0.1, 0.15) is 13.7 Å². The summed E-state index contributed by atoms with van der Waals surface area (Å²) in [4.78, 5) is 3.93. The first kappa shape index (κ1) is 9.96. The Labute approximate surface area is 89.2 Å². The lowest BCUT2D eigenvalue weighted by Crippen LogP contribution is -2.16. The largest absolute Gasteiger partial charge is 0.344 e. The molecule has 1 aromatic carbocycles. The van der Waals surface area contributed by atoms with Crippen LogP contribution >= 0.6 is 0 Å². The Balaban J connectivity index is 1.99. The Morgan fingerprint density at radius 1 is 1.27 bits per heavy atom. The lowest BCUT2D eigenvalue weighted by atomic mass is 10.1. The van der Waals surface area contributed by atoms with Crippen molar-refractivity contribution >= 4 is 13.4 Å². The molecule has 15 heavy (non-hydrogen) atoms. The summed E-state index contributed by atoms with van der Waals surface area (Å²) in [5.41, 5.74) is 1.74. The Kier molecular flexibility index (Phi) is 2.85. The van der Waals surface area contributed by atoms with Crippen LogP contribution in [-0.4, -0.2) is 17.4 Å². The molecule has 1 aromatic heterocycles. The number of benzene rings is 1. The summed E-state index contributed by atoms with van der Waals surface area (Å²) in [5.74, 6) is -0.208. The minimum atomic E-state index is -0.208. The van der Waals surface area contributed by atoms with Crippen LogP contribution in [0.3, 0.4) is 0 Å². The third-order valence-corrected chi connectivity index (χ3v) is 2.30. The van der Waals surface area contributed by atoms with Gasteiger partial charge in [0.05, 0.1) is 6.33 Å². The minimum absolute atomic E-state index is 0.208. The van der Waals surface area contributed by atoms with Crippen molar-refractivity contribution in [2.24, 2.45) is 0 Å². The summed E-state index contributed by atoms with van der Waals surface area (Å²) in [6.45, 7) is 0.761. The van der Waals surface area contributed by atoms with E-state index < -0.39 is 0 Å². The molecule has 0 saturated heterocycles. The number of aryl methyl sites for hydroxylation is 2. The van der Waals surface area contributed by atoms with Crippen molar-refractivity contribution in [2.75, 3.05) is 0 Å². The van der Waals surface area contributed by atoms with Gasteiger partial charge in [0.25, 0.3) is 0 Å². The fourth-order valence-corrected chi connectivity index (χ4v) is 1.42. The first-order valence-corrected chi connectivity index (χ1v) is 4.76. The third-order valence-electron chi connectivity index (χ3n) is 2.30. The van der Waals surface area contributed by atoms with Crippen LogP contribution in [0, 0.1) is 5.82 Å².